The van der Waals surface area contributed by atoms with Crippen molar-refractivity contribution < 1.29 is 19.1 Å². The van der Waals surface area contributed by atoms with Gasteiger partial charge < -0.3 is 20.9 Å². The average Bonchev–Trinajstić information content (AvgIpc) is 2.03. The highest BCUT2D eigenvalue weighted by molar-refractivity contribution is 5.77. The van der Waals surface area contributed by atoms with Gasteiger partial charge in [-0.15, -0.1) is 0 Å². The Labute approximate surface area is 82.5 Å². The third-order valence-corrected chi connectivity index (χ3v) is 1.78. The van der Waals surface area contributed by atoms with Crippen molar-refractivity contribution in [1.82, 2.24) is 0 Å². The van der Waals surface area contributed by atoms with Gasteiger partial charge in [-0.05, 0) is 0 Å². The van der Waals surface area contributed by atoms with Crippen molar-refractivity contribution in [2.24, 2.45) is 17.4 Å². The lowest BCUT2D eigenvalue weighted by atomic mass is 10.00. The van der Waals surface area contributed by atoms with E-state index < -0.39 is 24.0 Å². The molecule has 6 heteroatoms. The number of carbonyl (C=O) groups is 2. The van der Waals surface area contributed by atoms with Crippen LogP contribution in [0.5, 0.6) is 0 Å². The molecule has 0 aliphatic rings. The summed E-state index contributed by atoms with van der Waals surface area (Å²) < 4.78 is 9.85. The number of hydrogen-bond acceptors (Lipinski definition) is 4. The first kappa shape index (κ1) is 12.9. The maximum Gasteiger partial charge on any atom is 0.217 e. The van der Waals surface area contributed by atoms with Crippen molar-refractivity contribution in [3.63, 3.8) is 0 Å². The van der Waals surface area contributed by atoms with Gasteiger partial charge in [-0.3, -0.25) is 9.59 Å². The van der Waals surface area contributed by atoms with Crippen LogP contribution < -0.4 is 11.5 Å². The van der Waals surface area contributed by atoms with Crippen molar-refractivity contribution >= 4 is 11.8 Å². The van der Waals surface area contributed by atoms with Gasteiger partial charge in [0.2, 0.25) is 11.8 Å². The highest BCUT2D eigenvalue weighted by Gasteiger charge is 2.24. The van der Waals surface area contributed by atoms with Crippen LogP contribution in [-0.2, 0) is 19.1 Å². The van der Waals surface area contributed by atoms with Gasteiger partial charge in [-0.1, -0.05) is 0 Å². The fourth-order valence-corrected chi connectivity index (χ4v) is 1.26. The van der Waals surface area contributed by atoms with E-state index in [1.807, 2.05) is 0 Å². The maximum absolute atomic E-state index is 10.7. The van der Waals surface area contributed by atoms with Crippen molar-refractivity contribution in [3.8, 4) is 0 Å². The summed E-state index contributed by atoms with van der Waals surface area (Å²) in [5.41, 5.74) is 10.0. The van der Waals surface area contributed by atoms with E-state index in [1.54, 1.807) is 0 Å². The lowest BCUT2D eigenvalue weighted by molar-refractivity contribution is -0.151. The van der Waals surface area contributed by atoms with Crippen LogP contribution in [0.3, 0.4) is 0 Å². The van der Waals surface area contributed by atoms with Crippen LogP contribution in [0.2, 0.25) is 0 Å². The van der Waals surface area contributed by atoms with Crippen LogP contribution in [0.1, 0.15) is 12.8 Å². The first-order valence-corrected chi connectivity index (χ1v) is 4.13. The van der Waals surface area contributed by atoms with E-state index in [9.17, 15) is 9.59 Å². The molecule has 0 saturated carbocycles. The van der Waals surface area contributed by atoms with Gasteiger partial charge in [0.05, 0.1) is 0 Å². The van der Waals surface area contributed by atoms with Crippen LogP contribution in [0, 0.1) is 5.92 Å². The smallest absolute Gasteiger partial charge is 0.217 e. The Hall–Kier alpha value is -1.14. The van der Waals surface area contributed by atoms with Gasteiger partial charge in [0.25, 0.3) is 0 Å². The van der Waals surface area contributed by atoms with E-state index in [0.29, 0.717) is 0 Å². The number of methoxy groups -OCH3 is 2. The predicted molar refractivity (Wildman–Crippen MR) is 48.9 cm³/mol. The summed E-state index contributed by atoms with van der Waals surface area (Å²) >= 11 is 0. The molecule has 0 aliphatic carbocycles. The van der Waals surface area contributed by atoms with Crippen molar-refractivity contribution in [3.05, 3.63) is 0 Å². The highest BCUT2D eigenvalue weighted by atomic mass is 16.7. The number of carbonyl (C=O) groups excluding carboxylic acids is 2. The zero-order valence-corrected chi connectivity index (χ0v) is 8.36. The van der Waals surface area contributed by atoms with E-state index in [4.69, 9.17) is 20.9 Å². The Kier molecular flexibility index (Phi) is 5.82. The topological polar surface area (TPSA) is 105 Å². The van der Waals surface area contributed by atoms with E-state index in [2.05, 4.69) is 0 Å². The predicted octanol–water partition coefficient (Wildman–Crippen LogP) is -1.03. The van der Waals surface area contributed by atoms with Crippen LogP contribution in [0.25, 0.3) is 0 Å². The molecule has 0 atom stereocenters. The zero-order valence-electron chi connectivity index (χ0n) is 8.36. The molecule has 0 rings (SSSR count). The fourth-order valence-electron chi connectivity index (χ4n) is 1.26. The van der Waals surface area contributed by atoms with Gasteiger partial charge in [0.1, 0.15) is 0 Å². The molecule has 0 fully saturated rings. The minimum absolute atomic E-state index is 0.00921. The van der Waals surface area contributed by atoms with Crippen molar-refractivity contribution in [1.29, 1.82) is 0 Å². The summed E-state index contributed by atoms with van der Waals surface area (Å²) in [7, 11) is 2.84. The Bertz CT molecular complexity index is 188. The van der Waals surface area contributed by atoms with Gasteiger partial charge in [-0.2, -0.15) is 0 Å². The van der Waals surface area contributed by atoms with E-state index in [0.717, 1.165) is 0 Å². The van der Waals surface area contributed by atoms with Crippen LogP contribution in [0.15, 0.2) is 0 Å². The average molecular weight is 204 g/mol. The molecule has 0 spiro atoms. The summed E-state index contributed by atoms with van der Waals surface area (Å²) in [6.07, 6.45) is -0.625. The minimum atomic E-state index is -0.644. The molecule has 0 aliphatic heterocycles. The van der Waals surface area contributed by atoms with E-state index in [1.165, 1.54) is 14.2 Å². The third-order valence-electron chi connectivity index (χ3n) is 1.78. The highest BCUT2D eigenvalue weighted by Crippen LogP contribution is 2.16. The molecule has 0 bridgehead atoms. The standard InChI is InChI=1S/C8H16N2O4/c1-13-8(14-2)5(3-6(9)11)4-7(10)12/h5,8H,3-4H2,1-2H3,(H2,9,11)(H2,10,12). The molecule has 4 N–H and O–H groups in total. The van der Waals surface area contributed by atoms with Crippen LogP contribution in [-0.4, -0.2) is 32.3 Å². The van der Waals surface area contributed by atoms with Gasteiger partial charge in [0.15, 0.2) is 6.29 Å². The Morgan fingerprint density at radius 3 is 1.64 bits per heavy atom. The second kappa shape index (κ2) is 6.33. The molecule has 82 valence electrons. The Balaban J connectivity index is 4.35. The second-order valence-electron chi connectivity index (χ2n) is 2.94. The number of amides is 2. The summed E-state index contributed by atoms with van der Waals surface area (Å²) in [4.78, 5) is 21.4. The molecule has 2 amide bonds. The number of rotatable bonds is 7. The quantitative estimate of drug-likeness (QED) is 0.517. The molecule has 0 unspecified atom stereocenters. The molecule has 0 radical (unpaired) electrons. The Morgan fingerprint density at radius 1 is 1.07 bits per heavy atom. The largest absolute Gasteiger partial charge is 0.370 e. The van der Waals surface area contributed by atoms with Crippen LogP contribution >= 0.6 is 0 Å². The third kappa shape index (κ3) is 4.78. The monoisotopic (exact) mass is 204 g/mol. The summed E-state index contributed by atoms with van der Waals surface area (Å²) in [6.45, 7) is 0. The number of nitrogens with two attached hydrogens (primary N) is 2. The first-order valence-electron chi connectivity index (χ1n) is 4.13. The summed E-state index contributed by atoms with van der Waals surface area (Å²) in [5, 5.41) is 0. The van der Waals surface area contributed by atoms with Gasteiger partial charge >= 0.3 is 0 Å². The lowest BCUT2D eigenvalue weighted by Gasteiger charge is -2.22. The molecule has 0 saturated heterocycles. The lowest BCUT2D eigenvalue weighted by Crippen LogP contribution is -2.32. The fraction of sp³-hybridized carbons (Fsp3) is 0.750. The van der Waals surface area contributed by atoms with Crippen molar-refractivity contribution in [2.75, 3.05) is 14.2 Å². The SMILES string of the molecule is COC(OC)C(CC(N)=O)CC(N)=O. The second-order valence-corrected chi connectivity index (χ2v) is 2.94. The Morgan fingerprint density at radius 2 is 1.43 bits per heavy atom. The molecule has 0 aromatic carbocycles. The maximum atomic E-state index is 10.7. The van der Waals surface area contributed by atoms with Gasteiger partial charge in [-0.25, -0.2) is 0 Å². The normalized spacial score (nSPS) is 10.9. The van der Waals surface area contributed by atoms with E-state index >= 15 is 0 Å². The zero-order chi connectivity index (χ0) is 11.1. The molecule has 0 heterocycles. The summed E-state index contributed by atoms with van der Waals surface area (Å²) in [6, 6.07) is 0. The van der Waals surface area contributed by atoms with Gasteiger partial charge in [0, 0.05) is 33.0 Å². The minimum Gasteiger partial charge on any atom is -0.370 e. The molecular formula is C8H16N2O4. The van der Waals surface area contributed by atoms with Crippen LogP contribution in [0.4, 0.5) is 0 Å². The molecule has 0 aromatic rings. The summed E-state index contributed by atoms with van der Waals surface area (Å²) in [5.74, 6) is -1.47. The molecule has 14 heavy (non-hydrogen) atoms. The number of hydrogen-bond donors (Lipinski definition) is 2. The molecule has 0 aromatic heterocycles. The van der Waals surface area contributed by atoms with E-state index in [-0.39, 0.29) is 12.8 Å². The number of ether oxygens (including phenoxy) is 2. The molecular weight excluding hydrogens is 188 g/mol. The molecule has 6 nitrogen and oxygen atoms in total. The number of primary amides is 2. The first-order chi connectivity index (χ1) is 6.51. The van der Waals surface area contributed by atoms with Crippen molar-refractivity contribution in [2.45, 2.75) is 19.1 Å².